The minimum Gasteiger partial charge on any atom is -0.493 e. The molecule has 0 amide bonds. The van der Waals surface area contributed by atoms with Crippen LogP contribution in [0.2, 0.25) is 0 Å². The van der Waals surface area contributed by atoms with Gasteiger partial charge in [0.25, 0.3) is 0 Å². The molecule has 1 heterocycles. The van der Waals surface area contributed by atoms with Gasteiger partial charge in [-0.05, 0) is 61.1 Å². The SMILES string of the molecule is CCC(CC)C(O)c1ccc(OCC2CCCC2Nc2ccccn2)cc1C. The summed E-state index contributed by atoms with van der Waals surface area (Å²) in [5, 5.41) is 14.2. The lowest BCUT2D eigenvalue weighted by Crippen LogP contribution is -2.28. The van der Waals surface area contributed by atoms with E-state index in [1.54, 1.807) is 0 Å². The van der Waals surface area contributed by atoms with Gasteiger partial charge in [0, 0.05) is 18.2 Å². The summed E-state index contributed by atoms with van der Waals surface area (Å²) in [6.45, 7) is 7.05. The van der Waals surface area contributed by atoms with Crippen LogP contribution in [0.4, 0.5) is 5.82 Å². The van der Waals surface area contributed by atoms with E-state index >= 15 is 0 Å². The topological polar surface area (TPSA) is 54.4 Å². The molecule has 1 saturated carbocycles. The Morgan fingerprint density at radius 1 is 1.18 bits per heavy atom. The van der Waals surface area contributed by atoms with Gasteiger partial charge in [-0.15, -0.1) is 0 Å². The van der Waals surface area contributed by atoms with Crippen molar-refractivity contribution in [3.05, 3.63) is 53.7 Å². The second kappa shape index (κ2) is 9.92. The highest BCUT2D eigenvalue weighted by Crippen LogP contribution is 2.32. The lowest BCUT2D eigenvalue weighted by molar-refractivity contribution is 0.103. The van der Waals surface area contributed by atoms with Gasteiger partial charge in [0.1, 0.15) is 11.6 Å². The smallest absolute Gasteiger partial charge is 0.126 e. The van der Waals surface area contributed by atoms with Gasteiger partial charge in [-0.1, -0.05) is 45.2 Å². The summed E-state index contributed by atoms with van der Waals surface area (Å²) >= 11 is 0. The van der Waals surface area contributed by atoms with Crippen LogP contribution in [0.15, 0.2) is 42.6 Å². The fourth-order valence-electron chi connectivity index (χ4n) is 4.33. The molecule has 1 aliphatic rings. The number of ether oxygens (including phenoxy) is 1. The molecule has 0 aliphatic heterocycles. The zero-order chi connectivity index (χ0) is 19.9. The van der Waals surface area contributed by atoms with Crippen molar-refractivity contribution in [3.8, 4) is 5.75 Å². The zero-order valence-electron chi connectivity index (χ0n) is 17.4. The molecule has 4 nitrogen and oxygen atoms in total. The highest BCUT2D eigenvalue weighted by Gasteiger charge is 2.28. The fraction of sp³-hybridized carbons (Fsp3) is 0.542. The first-order valence-electron chi connectivity index (χ1n) is 10.7. The van der Waals surface area contributed by atoms with E-state index in [0.29, 0.717) is 24.5 Å². The summed E-state index contributed by atoms with van der Waals surface area (Å²) in [6, 6.07) is 12.5. The molecule has 1 aromatic heterocycles. The number of aliphatic hydroxyl groups is 1. The predicted octanol–water partition coefficient (Wildman–Crippen LogP) is 5.52. The third kappa shape index (κ3) is 5.05. The van der Waals surface area contributed by atoms with E-state index in [-0.39, 0.29) is 0 Å². The summed E-state index contributed by atoms with van der Waals surface area (Å²) < 4.78 is 6.14. The van der Waals surface area contributed by atoms with Crippen molar-refractivity contribution in [3.63, 3.8) is 0 Å². The Bertz CT molecular complexity index is 731. The number of hydrogen-bond donors (Lipinski definition) is 2. The molecule has 152 valence electrons. The van der Waals surface area contributed by atoms with Crippen molar-refractivity contribution in [1.82, 2.24) is 4.98 Å². The molecule has 2 N–H and O–H groups in total. The maximum Gasteiger partial charge on any atom is 0.126 e. The quantitative estimate of drug-likeness (QED) is 0.600. The van der Waals surface area contributed by atoms with E-state index in [4.69, 9.17) is 4.74 Å². The van der Waals surface area contributed by atoms with Crippen molar-refractivity contribution in [2.24, 2.45) is 11.8 Å². The van der Waals surface area contributed by atoms with Crippen LogP contribution >= 0.6 is 0 Å². The number of aryl methyl sites for hydroxylation is 1. The van der Waals surface area contributed by atoms with E-state index in [2.05, 4.69) is 37.1 Å². The van der Waals surface area contributed by atoms with Gasteiger partial charge in [-0.3, -0.25) is 0 Å². The van der Waals surface area contributed by atoms with E-state index in [9.17, 15) is 5.11 Å². The molecular weight excluding hydrogens is 348 g/mol. The standard InChI is InChI=1S/C24H34N2O2/c1-4-18(5-2)24(27)21-13-12-20(15-17(21)3)28-16-19-9-8-10-22(19)26-23-11-6-7-14-25-23/h6-7,11-15,18-19,22,24,27H,4-5,8-10,16H2,1-3H3,(H,25,26). The number of hydrogen-bond acceptors (Lipinski definition) is 4. The fourth-order valence-corrected chi connectivity index (χ4v) is 4.33. The highest BCUT2D eigenvalue weighted by atomic mass is 16.5. The molecule has 0 saturated heterocycles. The van der Waals surface area contributed by atoms with Gasteiger partial charge in [0.05, 0.1) is 12.7 Å². The first-order valence-corrected chi connectivity index (χ1v) is 10.7. The van der Waals surface area contributed by atoms with Gasteiger partial charge in [0.15, 0.2) is 0 Å². The Kier molecular flexibility index (Phi) is 7.32. The zero-order valence-corrected chi connectivity index (χ0v) is 17.4. The molecule has 1 fully saturated rings. The van der Waals surface area contributed by atoms with Gasteiger partial charge < -0.3 is 15.2 Å². The van der Waals surface area contributed by atoms with E-state index in [1.165, 1.54) is 12.8 Å². The highest BCUT2D eigenvalue weighted by molar-refractivity contribution is 5.37. The van der Waals surface area contributed by atoms with Crippen LogP contribution in [0, 0.1) is 18.8 Å². The third-order valence-electron chi connectivity index (χ3n) is 6.18. The van der Waals surface area contributed by atoms with Gasteiger partial charge in [0.2, 0.25) is 0 Å². The predicted molar refractivity (Wildman–Crippen MR) is 115 cm³/mol. The molecule has 1 aromatic carbocycles. The first kappa shape index (κ1) is 20.7. The van der Waals surface area contributed by atoms with Crippen LogP contribution in [0.1, 0.15) is 63.2 Å². The number of nitrogens with zero attached hydrogens (tertiary/aromatic N) is 1. The molecule has 0 spiro atoms. The molecule has 0 bridgehead atoms. The summed E-state index contributed by atoms with van der Waals surface area (Å²) in [7, 11) is 0. The van der Waals surface area contributed by atoms with Crippen molar-refractivity contribution in [2.45, 2.75) is 65.0 Å². The number of rotatable bonds is 9. The van der Waals surface area contributed by atoms with Crippen LogP contribution in [-0.4, -0.2) is 22.7 Å². The average Bonchev–Trinajstić information content (AvgIpc) is 3.15. The third-order valence-corrected chi connectivity index (χ3v) is 6.18. The Morgan fingerprint density at radius 2 is 2.00 bits per heavy atom. The number of pyridine rings is 1. The minimum absolute atomic E-state index is 0.308. The Hall–Kier alpha value is -2.07. The normalized spacial score (nSPS) is 20.3. The summed E-state index contributed by atoms with van der Waals surface area (Å²) in [6.07, 6.45) is 6.95. The lowest BCUT2D eigenvalue weighted by Gasteiger charge is -2.24. The second-order valence-electron chi connectivity index (χ2n) is 8.01. The number of aromatic nitrogens is 1. The molecule has 3 unspecified atom stereocenters. The first-order chi connectivity index (χ1) is 13.6. The molecule has 3 rings (SSSR count). The molecule has 2 aromatic rings. The average molecular weight is 383 g/mol. The molecule has 0 radical (unpaired) electrons. The minimum atomic E-state index is -0.397. The van der Waals surface area contributed by atoms with E-state index < -0.39 is 6.10 Å². The largest absolute Gasteiger partial charge is 0.493 e. The van der Waals surface area contributed by atoms with Crippen molar-refractivity contribution in [1.29, 1.82) is 0 Å². The van der Waals surface area contributed by atoms with Gasteiger partial charge in [-0.25, -0.2) is 4.98 Å². The lowest BCUT2D eigenvalue weighted by atomic mass is 9.89. The number of anilines is 1. The van der Waals surface area contributed by atoms with E-state index in [1.807, 2.05) is 36.5 Å². The molecular formula is C24H34N2O2. The number of nitrogens with one attached hydrogen (secondary N) is 1. The molecule has 3 atom stereocenters. The van der Waals surface area contributed by atoms with Crippen LogP contribution in [0.25, 0.3) is 0 Å². The van der Waals surface area contributed by atoms with Crippen LogP contribution in [-0.2, 0) is 0 Å². The van der Waals surface area contributed by atoms with Crippen molar-refractivity contribution >= 4 is 5.82 Å². The van der Waals surface area contributed by atoms with Crippen LogP contribution in [0.5, 0.6) is 5.75 Å². The van der Waals surface area contributed by atoms with Crippen molar-refractivity contribution in [2.75, 3.05) is 11.9 Å². The Morgan fingerprint density at radius 3 is 2.68 bits per heavy atom. The summed E-state index contributed by atoms with van der Waals surface area (Å²) in [5.74, 6) is 2.62. The van der Waals surface area contributed by atoms with Gasteiger partial charge in [-0.2, -0.15) is 0 Å². The molecule has 1 aliphatic carbocycles. The van der Waals surface area contributed by atoms with E-state index in [0.717, 1.165) is 42.0 Å². The Balaban J connectivity index is 1.59. The maximum atomic E-state index is 10.7. The molecule has 28 heavy (non-hydrogen) atoms. The number of benzene rings is 1. The van der Waals surface area contributed by atoms with Crippen LogP contribution in [0.3, 0.4) is 0 Å². The number of aliphatic hydroxyl groups excluding tert-OH is 1. The second-order valence-corrected chi connectivity index (χ2v) is 8.01. The monoisotopic (exact) mass is 382 g/mol. The summed E-state index contributed by atoms with van der Waals surface area (Å²) in [4.78, 5) is 4.39. The Labute approximate surface area is 169 Å². The van der Waals surface area contributed by atoms with Crippen molar-refractivity contribution < 1.29 is 9.84 Å². The summed E-state index contributed by atoms with van der Waals surface area (Å²) in [5.41, 5.74) is 2.13. The van der Waals surface area contributed by atoms with Gasteiger partial charge >= 0.3 is 0 Å². The maximum absolute atomic E-state index is 10.7. The van der Waals surface area contributed by atoms with Crippen LogP contribution < -0.4 is 10.1 Å². The molecule has 4 heteroatoms.